The number of hydrogen-bond acceptors (Lipinski definition) is 4. The topological polar surface area (TPSA) is 78.5 Å². The zero-order chi connectivity index (χ0) is 22.5. The van der Waals surface area contributed by atoms with Crippen LogP contribution in [0.5, 0.6) is 0 Å². The van der Waals surface area contributed by atoms with E-state index in [1.807, 2.05) is 19.1 Å². The number of thioether (sulfide) groups is 1. The second-order valence-electron chi connectivity index (χ2n) is 7.30. The zero-order valence-corrected chi connectivity index (χ0v) is 19.5. The van der Waals surface area contributed by atoms with Gasteiger partial charge in [0, 0.05) is 39.8 Å². The largest absolute Gasteiger partial charge is 0.330 e. The van der Waals surface area contributed by atoms with E-state index in [0.717, 1.165) is 11.3 Å². The number of carbonyl (C=O) groups excluding carboxylic acids is 3. The van der Waals surface area contributed by atoms with Crippen LogP contribution in [0, 0.1) is 0 Å². The van der Waals surface area contributed by atoms with Crippen LogP contribution in [-0.2, 0) is 14.4 Å². The molecule has 1 aliphatic rings. The number of benzene rings is 2. The van der Waals surface area contributed by atoms with Crippen molar-refractivity contribution in [1.82, 2.24) is 4.90 Å². The van der Waals surface area contributed by atoms with E-state index in [1.165, 1.54) is 18.7 Å². The van der Waals surface area contributed by atoms with Crippen LogP contribution in [0.1, 0.15) is 26.7 Å². The number of anilines is 2. The van der Waals surface area contributed by atoms with Crippen molar-refractivity contribution in [3.63, 3.8) is 0 Å². The molecule has 2 atom stereocenters. The van der Waals surface area contributed by atoms with Crippen molar-refractivity contribution in [2.75, 3.05) is 17.2 Å². The summed E-state index contributed by atoms with van der Waals surface area (Å²) in [6.45, 7) is 3.82. The first kappa shape index (κ1) is 23.4. The maximum absolute atomic E-state index is 13.1. The minimum atomic E-state index is -0.532. The Bertz CT molecular complexity index is 964. The molecule has 31 heavy (non-hydrogen) atoms. The summed E-state index contributed by atoms with van der Waals surface area (Å²) >= 11 is 13.4. The number of halogens is 2. The molecule has 2 N–H and O–H groups in total. The minimum absolute atomic E-state index is 0.0855. The summed E-state index contributed by atoms with van der Waals surface area (Å²) in [5.41, 5.74) is 1.21. The highest BCUT2D eigenvalue weighted by atomic mass is 35.5. The van der Waals surface area contributed by atoms with Crippen molar-refractivity contribution in [3.05, 3.63) is 52.5 Å². The fourth-order valence-corrected chi connectivity index (χ4v) is 4.93. The van der Waals surface area contributed by atoms with Gasteiger partial charge in [0.15, 0.2) is 0 Å². The molecule has 0 aromatic heterocycles. The Morgan fingerprint density at radius 1 is 1.03 bits per heavy atom. The van der Waals surface area contributed by atoms with E-state index in [9.17, 15) is 14.4 Å². The lowest BCUT2D eigenvalue weighted by atomic mass is 10.2. The average Bonchev–Trinajstić information content (AvgIpc) is 3.17. The minimum Gasteiger partial charge on any atom is -0.330 e. The van der Waals surface area contributed by atoms with Crippen molar-refractivity contribution in [2.24, 2.45) is 0 Å². The molecule has 0 aliphatic carbocycles. The normalized spacial score (nSPS) is 16.6. The SMILES string of the molecule is CC(=O)Nc1ccc(SC(C)C(=O)N2CCCC2C(=O)Nc2cc(Cl)cc(Cl)c2)cc1. The van der Waals surface area contributed by atoms with Gasteiger partial charge in [0.05, 0.1) is 5.25 Å². The van der Waals surface area contributed by atoms with E-state index < -0.39 is 6.04 Å². The van der Waals surface area contributed by atoms with Crippen LogP contribution in [0.3, 0.4) is 0 Å². The molecule has 3 amide bonds. The molecule has 0 bridgehead atoms. The third kappa shape index (κ3) is 6.38. The Hall–Kier alpha value is -2.22. The van der Waals surface area contributed by atoms with E-state index in [4.69, 9.17) is 23.2 Å². The van der Waals surface area contributed by atoms with Gasteiger partial charge in [0.2, 0.25) is 17.7 Å². The molecule has 164 valence electrons. The molecule has 1 saturated heterocycles. The van der Waals surface area contributed by atoms with Gasteiger partial charge in [-0.3, -0.25) is 14.4 Å². The molecular formula is C22H23Cl2N3O3S. The first-order valence-electron chi connectivity index (χ1n) is 9.84. The number of likely N-dealkylation sites (tertiary alicyclic amines) is 1. The standard InChI is InChI=1S/C22H23Cl2N3O3S/c1-13(31-19-7-5-17(6-8-19)25-14(2)28)22(30)27-9-3-4-20(27)21(29)26-18-11-15(23)10-16(24)12-18/h5-8,10-13,20H,3-4,9H2,1-2H3,(H,25,28)(H,26,29). The molecule has 3 rings (SSSR count). The highest BCUT2D eigenvalue weighted by Gasteiger charge is 2.36. The van der Waals surface area contributed by atoms with E-state index in [0.29, 0.717) is 34.4 Å². The maximum Gasteiger partial charge on any atom is 0.247 e. The van der Waals surface area contributed by atoms with Gasteiger partial charge < -0.3 is 15.5 Å². The van der Waals surface area contributed by atoms with Gasteiger partial charge >= 0.3 is 0 Å². The summed E-state index contributed by atoms with van der Waals surface area (Å²) in [5.74, 6) is -0.471. The third-order valence-electron chi connectivity index (χ3n) is 4.80. The number of rotatable bonds is 6. The molecule has 1 fully saturated rings. The van der Waals surface area contributed by atoms with E-state index >= 15 is 0 Å². The fraction of sp³-hybridized carbons (Fsp3) is 0.318. The molecule has 2 unspecified atom stereocenters. The summed E-state index contributed by atoms with van der Waals surface area (Å²) in [5, 5.41) is 6.03. The molecule has 6 nitrogen and oxygen atoms in total. The molecule has 1 heterocycles. The maximum atomic E-state index is 13.1. The molecule has 1 aliphatic heterocycles. The lowest BCUT2D eigenvalue weighted by Gasteiger charge is -2.26. The van der Waals surface area contributed by atoms with Crippen molar-refractivity contribution < 1.29 is 14.4 Å². The first-order valence-corrected chi connectivity index (χ1v) is 11.5. The van der Waals surface area contributed by atoms with Gasteiger partial charge in [-0.2, -0.15) is 0 Å². The van der Waals surface area contributed by atoms with Gasteiger partial charge in [0.1, 0.15) is 6.04 Å². The molecule has 0 spiro atoms. The van der Waals surface area contributed by atoms with Gasteiger partial charge in [-0.25, -0.2) is 0 Å². The molecule has 9 heteroatoms. The van der Waals surface area contributed by atoms with Crippen LogP contribution < -0.4 is 10.6 Å². The van der Waals surface area contributed by atoms with Crippen LogP contribution in [0.15, 0.2) is 47.4 Å². The van der Waals surface area contributed by atoms with E-state index in [1.54, 1.807) is 35.2 Å². The summed E-state index contributed by atoms with van der Waals surface area (Å²) in [6, 6.07) is 11.6. The highest BCUT2D eigenvalue weighted by Crippen LogP contribution is 2.29. The lowest BCUT2D eigenvalue weighted by molar-refractivity contribution is -0.135. The van der Waals surface area contributed by atoms with Gasteiger partial charge in [-0.15, -0.1) is 11.8 Å². The second kappa shape index (κ2) is 10.4. The van der Waals surface area contributed by atoms with Gasteiger partial charge in [0.25, 0.3) is 0 Å². The predicted molar refractivity (Wildman–Crippen MR) is 126 cm³/mol. The van der Waals surface area contributed by atoms with Crippen molar-refractivity contribution in [1.29, 1.82) is 0 Å². The molecule has 2 aromatic carbocycles. The Labute approximate surface area is 195 Å². The van der Waals surface area contributed by atoms with Crippen molar-refractivity contribution in [3.8, 4) is 0 Å². The lowest BCUT2D eigenvalue weighted by Crippen LogP contribution is -2.46. The Morgan fingerprint density at radius 2 is 1.68 bits per heavy atom. The second-order valence-corrected chi connectivity index (χ2v) is 9.59. The first-order chi connectivity index (χ1) is 14.7. The number of nitrogens with zero attached hydrogens (tertiary/aromatic N) is 1. The average molecular weight is 480 g/mol. The van der Waals surface area contributed by atoms with Crippen LogP contribution in [-0.4, -0.2) is 40.5 Å². The predicted octanol–water partition coefficient (Wildman–Crippen LogP) is 5.06. The van der Waals surface area contributed by atoms with Crippen LogP contribution in [0.4, 0.5) is 11.4 Å². The van der Waals surface area contributed by atoms with Crippen molar-refractivity contribution in [2.45, 2.75) is 42.9 Å². The van der Waals surface area contributed by atoms with Crippen LogP contribution in [0.2, 0.25) is 10.0 Å². The monoisotopic (exact) mass is 479 g/mol. The molecule has 2 aromatic rings. The number of hydrogen-bond donors (Lipinski definition) is 2. The molecule has 0 radical (unpaired) electrons. The summed E-state index contributed by atoms with van der Waals surface area (Å²) in [7, 11) is 0. The molecular weight excluding hydrogens is 457 g/mol. The van der Waals surface area contributed by atoms with Gasteiger partial charge in [-0.05, 0) is 62.2 Å². The number of amides is 3. The Kier molecular flexibility index (Phi) is 7.86. The Morgan fingerprint density at radius 3 is 2.29 bits per heavy atom. The van der Waals surface area contributed by atoms with E-state index in [2.05, 4.69) is 10.6 Å². The fourth-order valence-electron chi connectivity index (χ4n) is 3.46. The number of carbonyl (C=O) groups is 3. The zero-order valence-electron chi connectivity index (χ0n) is 17.2. The van der Waals surface area contributed by atoms with Crippen molar-refractivity contribution >= 4 is 64.1 Å². The summed E-state index contributed by atoms with van der Waals surface area (Å²) in [4.78, 5) is 39.6. The Balaban J connectivity index is 1.62. The van der Waals surface area contributed by atoms with Crippen LogP contribution in [0.25, 0.3) is 0 Å². The quantitative estimate of drug-likeness (QED) is 0.567. The summed E-state index contributed by atoms with van der Waals surface area (Å²) < 4.78 is 0. The smallest absolute Gasteiger partial charge is 0.247 e. The van der Waals surface area contributed by atoms with E-state index in [-0.39, 0.29) is 23.0 Å². The summed E-state index contributed by atoms with van der Waals surface area (Å²) in [6.07, 6.45) is 1.37. The number of nitrogens with one attached hydrogen (secondary N) is 2. The van der Waals surface area contributed by atoms with Crippen LogP contribution >= 0.6 is 35.0 Å². The molecule has 0 saturated carbocycles. The van der Waals surface area contributed by atoms with Gasteiger partial charge in [-0.1, -0.05) is 23.2 Å². The third-order valence-corrected chi connectivity index (χ3v) is 6.34. The highest BCUT2D eigenvalue weighted by molar-refractivity contribution is 8.00.